The number of hydrogen-bond donors (Lipinski definition) is 4. The SMILES string of the molecule is Cl.NCCCOc1ccc2cc(C(=O)NCC(Nc3ncccn3)C(=O)O)cc(=O)n2c1. The van der Waals surface area contributed by atoms with Crippen LogP contribution < -0.4 is 26.7 Å². The molecule has 3 rings (SSSR count). The van der Waals surface area contributed by atoms with Gasteiger partial charge >= 0.3 is 5.97 Å². The van der Waals surface area contributed by atoms with Gasteiger partial charge in [0.1, 0.15) is 11.8 Å². The number of rotatable bonds is 10. The summed E-state index contributed by atoms with van der Waals surface area (Å²) in [6.45, 7) is 0.701. The van der Waals surface area contributed by atoms with Crippen LogP contribution in [0.1, 0.15) is 16.8 Å². The minimum atomic E-state index is -1.19. The van der Waals surface area contributed by atoms with Crippen molar-refractivity contribution in [2.75, 3.05) is 25.0 Å². The second-order valence-corrected chi connectivity index (χ2v) is 6.55. The molecular weight excluding hydrogens is 440 g/mol. The summed E-state index contributed by atoms with van der Waals surface area (Å²) >= 11 is 0. The van der Waals surface area contributed by atoms with E-state index >= 15 is 0 Å². The fraction of sp³-hybridized carbons (Fsp3) is 0.250. The third kappa shape index (κ3) is 6.40. The average molecular weight is 463 g/mol. The van der Waals surface area contributed by atoms with E-state index in [0.717, 1.165) is 0 Å². The molecule has 0 radical (unpaired) electrons. The minimum absolute atomic E-state index is 0. The van der Waals surface area contributed by atoms with E-state index in [9.17, 15) is 19.5 Å². The van der Waals surface area contributed by atoms with Crippen LogP contribution in [0, 0.1) is 0 Å². The third-order valence-electron chi connectivity index (χ3n) is 4.29. The Kier molecular flexibility index (Phi) is 8.93. The van der Waals surface area contributed by atoms with Crippen molar-refractivity contribution < 1.29 is 19.4 Å². The highest BCUT2D eigenvalue weighted by Gasteiger charge is 2.20. The molecule has 32 heavy (non-hydrogen) atoms. The lowest BCUT2D eigenvalue weighted by Gasteiger charge is -2.15. The van der Waals surface area contributed by atoms with Gasteiger partial charge in [-0.1, -0.05) is 0 Å². The topological polar surface area (TPSA) is 161 Å². The van der Waals surface area contributed by atoms with Gasteiger partial charge in [0.2, 0.25) is 5.95 Å². The van der Waals surface area contributed by atoms with Gasteiger partial charge in [0, 0.05) is 36.1 Å². The van der Waals surface area contributed by atoms with Crippen molar-refractivity contribution >= 4 is 35.7 Å². The molecule has 12 heteroatoms. The quantitative estimate of drug-likeness (QED) is 0.315. The number of aliphatic carboxylic acids is 1. The van der Waals surface area contributed by atoms with Crippen LogP contribution in [-0.4, -0.2) is 57.1 Å². The molecule has 3 aromatic rings. The molecule has 1 atom stereocenters. The largest absolute Gasteiger partial charge is 0.492 e. The number of nitrogens with two attached hydrogens (primary N) is 1. The zero-order chi connectivity index (χ0) is 22.2. The maximum Gasteiger partial charge on any atom is 0.328 e. The molecule has 11 nitrogen and oxygen atoms in total. The highest BCUT2D eigenvalue weighted by atomic mass is 35.5. The molecule has 1 unspecified atom stereocenters. The van der Waals surface area contributed by atoms with E-state index in [1.165, 1.54) is 28.9 Å². The van der Waals surface area contributed by atoms with Gasteiger partial charge in [-0.3, -0.25) is 14.0 Å². The Morgan fingerprint density at radius 3 is 2.66 bits per heavy atom. The lowest BCUT2D eigenvalue weighted by atomic mass is 10.2. The number of fused-ring (bicyclic) bond motifs is 1. The van der Waals surface area contributed by atoms with Gasteiger partial charge in [0.05, 0.1) is 12.8 Å². The summed E-state index contributed by atoms with van der Waals surface area (Å²) in [4.78, 5) is 44.2. The highest BCUT2D eigenvalue weighted by Crippen LogP contribution is 2.13. The molecule has 0 saturated carbocycles. The number of carbonyl (C=O) groups excluding carboxylic acids is 1. The smallest absolute Gasteiger partial charge is 0.328 e. The highest BCUT2D eigenvalue weighted by molar-refractivity contribution is 5.95. The molecule has 1 amide bonds. The van der Waals surface area contributed by atoms with Crippen LogP contribution in [0.25, 0.3) is 5.52 Å². The molecule has 3 aromatic heterocycles. The van der Waals surface area contributed by atoms with Crippen molar-refractivity contribution in [2.24, 2.45) is 5.73 Å². The Morgan fingerprint density at radius 2 is 1.97 bits per heavy atom. The molecule has 5 N–H and O–H groups in total. The van der Waals surface area contributed by atoms with Gasteiger partial charge in [-0.2, -0.15) is 0 Å². The summed E-state index contributed by atoms with van der Waals surface area (Å²) in [6, 6.07) is 6.50. The van der Waals surface area contributed by atoms with Crippen molar-refractivity contribution in [3.05, 3.63) is 64.8 Å². The first kappa shape index (κ1) is 24.6. The second kappa shape index (κ2) is 11.6. The first-order chi connectivity index (χ1) is 15.0. The lowest BCUT2D eigenvalue weighted by Crippen LogP contribution is -2.42. The summed E-state index contributed by atoms with van der Waals surface area (Å²) < 4.78 is 6.90. The first-order valence-corrected chi connectivity index (χ1v) is 9.52. The van der Waals surface area contributed by atoms with Gasteiger partial charge in [0.15, 0.2) is 0 Å². The number of nitrogens with one attached hydrogen (secondary N) is 2. The van der Waals surface area contributed by atoms with Crippen LogP contribution >= 0.6 is 12.4 Å². The summed E-state index contributed by atoms with van der Waals surface area (Å²) in [6.07, 6.45) is 5.16. The number of aromatic nitrogens is 3. The van der Waals surface area contributed by atoms with Crippen LogP contribution in [0.15, 0.2) is 53.7 Å². The number of ether oxygens (including phenoxy) is 1. The zero-order valence-corrected chi connectivity index (χ0v) is 17.7. The average Bonchev–Trinajstić information content (AvgIpc) is 2.77. The molecule has 0 saturated heterocycles. The first-order valence-electron chi connectivity index (χ1n) is 9.52. The predicted octanol–water partition coefficient (Wildman–Crippen LogP) is 0.534. The number of halogens is 1. The van der Waals surface area contributed by atoms with Crippen molar-refractivity contribution in [2.45, 2.75) is 12.5 Å². The fourth-order valence-corrected chi connectivity index (χ4v) is 2.72. The molecule has 170 valence electrons. The number of carboxylic acids is 1. The second-order valence-electron chi connectivity index (χ2n) is 6.55. The van der Waals surface area contributed by atoms with Gasteiger partial charge in [-0.05, 0) is 37.2 Å². The van der Waals surface area contributed by atoms with Crippen LogP contribution in [0.2, 0.25) is 0 Å². The Hall–Kier alpha value is -3.70. The van der Waals surface area contributed by atoms with E-state index < -0.39 is 23.5 Å². The van der Waals surface area contributed by atoms with Crippen LogP contribution in [0.4, 0.5) is 5.95 Å². The summed E-state index contributed by atoms with van der Waals surface area (Å²) in [7, 11) is 0. The Morgan fingerprint density at radius 1 is 1.22 bits per heavy atom. The number of nitrogens with zero attached hydrogens (tertiary/aromatic N) is 3. The van der Waals surface area contributed by atoms with E-state index in [0.29, 0.717) is 30.8 Å². The van der Waals surface area contributed by atoms with Gasteiger partial charge < -0.3 is 26.2 Å². The molecule has 0 bridgehead atoms. The van der Waals surface area contributed by atoms with Crippen molar-refractivity contribution in [3.63, 3.8) is 0 Å². The normalized spacial score (nSPS) is 11.3. The maximum atomic E-state index is 12.5. The number of hydrogen-bond acceptors (Lipinski definition) is 8. The monoisotopic (exact) mass is 462 g/mol. The van der Waals surface area contributed by atoms with E-state index in [1.807, 2.05) is 0 Å². The Balaban J connectivity index is 0.00000363. The van der Waals surface area contributed by atoms with Gasteiger partial charge in [-0.15, -0.1) is 12.4 Å². The molecule has 0 aliphatic rings. The van der Waals surface area contributed by atoms with Gasteiger partial charge in [-0.25, -0.2) is 14.8 Å². The maximum absolute atomic E-state index is 12.5. The minimum Gasteiger partial charge on any atom is -0.492 e. The molecule has 0 aliphatic heterocycles. The zero-order valence-electron chi connectivity index (χ0n) is 16.9. The van der Waals surface area contributed by atoms with Crippen molar-refractivity contribution in [1.82, 2.24) is 19.7 Å². The Labute approximate surface area is 189 Å². The van der Waals surface area contributed by atoms with E-state index in [2.05, 4.69) is 20.6 Å². The van der Waals surface area contributed by atoms with Crippen molar-refractivity contribution in [3.8, 4) is 5.75 Å². The van der Waals surface area contributed by atoms with E-state index in [-0.39, 0.29) is 30.5 Å². The summed E-state index contributed by atoms with van der Waals surface area (Å²) in [5.41, 5.74) is 5.62. The lowest BCUT2D eigenvalue weighted by molar-refractivity contribution is -0.137. The number of amides is 1. The van der Waals surface area contributed by atoms with E-state index in [4.69, 9.17) is 10.5 Å². The van der Waals surface area contributed by atoms with Crippen LogP contribution in [-0.2, 0) is 4.79 Å². The molecule has 0 spiro atoms. The van der Waals surface area contributed by atoms with Crippen LogP contribution in [0.5, 0.6) is 5.75 Å². The number of anilines is 1. The van der Waals surface area contributed by atoms with Gasteiger partial charge in [0.25, 0.3) is 11.5 Å². The Bertz CT molecular complexity index is 1120. The summed E-state index contributed by atoms with van der Waals surface area (Å²) in [5.74, 6) is -1.13. The van der Waals surface area contributed by atoms with Crippen molar-refractivity contribution in [1.29, 1.82) is 0 Å². The number of carboxylic acid groups (broad SMARTS) is 1. The van der Waals surface area contributed by atoms with Crippen LogP contribution in [0.3, 0.4) is 0 Å². The van der Waals surface area contributed by atoms with E-state index in [1.54, 1.807) is 24.4 Å². The standard InChI is InChI=1S/C20H22N6O5.ClH/c21-5-1-8-31-15-4-3-14-9-13(10-17(27)26(14)12-15)18(28)24-11-16(19(29)30)25-20-22-6-2-7-23-20;/h2-4,6-7,9-10,12,16H,1,5,8,11,21H2,(H,24,28)(H,29,30)(H,22,23,25);1H. The molecule has 0 aromatic carbocycles. The molecular formula is C20H23ClN6O5. The third-order valence-corrected chi connectivity index (χ3v) is 4.29. The number of carbonyl (C=O) groups is 2. The fourth-order valence-electron chi connectivity index (χ4n) is 2.72. The predicted molar refractivity (Wildman–Crippen MR) is 119 cm³/mol. The number of pyridine rings is 2. The molecule has 0 aliphatic carbocycles. The summed E-state index contributed by atoms with van der Waals surface area (Å²) in [5, 5.41) is 14.5. The molecule has 0 fully saturated rings. The molecule has 3 heterocycles.